The van der Waals surface area contributed by atoms with Crippen molar-refractivity contribution >= 4 is 16.9 Å². The molecule has 4 aromatic rings. The number of amides is 1. The molecule has 0 unspecified atom stereocenters. The number of rotatable bonds is 4. The molecule has 1 aliphatic rings. The SMILES string of the molecule is O=C(N[C@H]1CCOc2ccccc21)c1ccc(Cn2nnc3ccccc32)cc1. The summed E-state index contributed by atoms with van der Waals surface area (Å²) in [5.74, 6) is 0.768. The van der Waals surface area contributed by atoms with Crippen molar-refractivity contribution in [3.63, 3.8) is 0 Å². The number of aromatic nitrogens is 3. The number of benzene rings is 3. The van der Waals surface area contributed by atoms with Crippen molar-refractivity contribution in [1.29, 1.82) is 0 Å². The first-order valence-corrected chi connectivity index (χ1v) is 9.68. The summed E-state index contributed by atoms with van der Waals surface area (Å²) in [4.78, 5) is 12.7. The highest BCUT2D eigenvalue weighted by molar-refractivity contribution is 5.94. The van der Waals surface area contributed by atoms with Crippen LogP contribution in [0.4, 0.5) is 0 Å². The molecule has 0 spiro atoms. The Morgan fingerprint density at radius 1 is 1.03 bits per heavy atom. The number of fused-ring (bicyclic) bond motifs is 2. The van der Waals surface area contributed by atoms with Gasteiger partial charge in [0.2, 0.25) is 0 Å². The standard InChI is InChI=1S/C23H20N4O2/c28-23(24-19-13-14-29-22-8-4-1-5-18(19)22)17-11-9-16(10-12-17)15-27-21-7-3-2-6-20(21)25-26-27/h1-12,19H,13-15H2,(H,24,28)/t19-/m0/s1. The van der Waals surface area contributed by atoms with Gasteiger partial charge in [-0.3, -0.25) is 4.79 Å². The Balaban J connectivity index is 1.30. The van der Waals surface area contributed by atoms with Crippen LogP contribution in [0.5, 0.6) is 5.75 Å². The molecule has 0 fully saturated rings. The molecule has 3 aromatic carbocycles. The van der Waals surface area contributed by atoms with E-state index in [4.69, 9.17) is 4.74 Å². The van der Waals surface area contributed by atoms with Crippen LogP contribution in [0.2, 0.25) is 0 Å². The lowest BCUT2D eigenvalue weighted by atomic mass is 10.00. The maximum Gasteiger partial charge on any atom is 0.251 e. The minimum absolute atomic E-state index is 0.0337. The highest BCUT2D eigenvalue weighted by Gasteiger charge is 2.23. The number of nitrogens with zero attached hydrogens (tertiary/aromatic N) is 3. The molecule has 0 saturated heterocycles. The van der Waals surface area contributed by atoms with Gasteiger partial charge in [-0.15, -0.1) is 5.10 Å². The molecular formula is C23H20N4O2. The van der Waals surface area contributed by atoms with E-state index in [0.717, 1.165) is 34.3 Å². The van der Waals surface area contributed by atoms with Gasteiger partial charge in [-0.2, -0.15) is 0 Å². The van der Waals surface area contributed by atoms with Crippen LogP contribution in [0.3, 0.4) is 0 Å². The second-order valence-corrected chi connectivity index (χ2v) is 7.13. The predicted molar refractivity (Wildman–Crippen MR) is 110 cm³/mol. The maximum absolute atomic E-state index is 12.7. The third-order valence-electron chi connectivity index (χ3n) is 5.23. The number of hydrogen-bond donors (Lipinski definition) is 1. The van der Waals surface area contributed by atoms with Gasteiger partial charge in [0.25, 0.3) is 5.91 Å². The second-order valence-electron chi connectivity index (χ2n) is 7.13. The molecule has 6 heteroatoms. The third-order valence-corrected chi connectivity index (χ3v) is 5.23. The Labute approximate surface area is 168 Å². The van der Waals surface area contributed by atoms with E-state index in [1.165, 1.54) is 0 Å². The lowest BCUT2D eigenvalue weighted by molar-refractivity contribution is 0.0925. The molecule has 0 bridgehead atoms. The molecule has 2 heterocycles. The molecule has 1 atom stereocenters. The Bertz CT molecular complexity index is 1170. The number of nitrogens with one attached hydrogen (secondary N) is 1. The lowest BCUT2D eigenvalue weighted by Crippen LogP contribution is -2.32. The van der Waals surface area contributed by atoms with E-state index in [9.17, 15) is 4.79 Å². The summed E-state index contributed by atoms with van der Waals surface area (Å²) < 4.78 is 7.54. The molecule has 0 aliphatic carbocycles. The van der Waals surface area contributed by atoms with Crippen LogP contribution in [0.25, 0.3) is 11.0 Å². The average molecular weight is 384 g/mol. The molecule has 1 amide bonds. The zero-order chi connectivity index (χ0) is 19.6. The highest BCUT2D eigenvalue weighted by Crippen LogP contribution is 2.31. The van der Waals surface area contributed by atoms with Crippen molar-refractivity contribution in [2.45, 2.75) is 19.0 Å². The molecule has 1 N–H and O–H groups in total. The number of carbonyl (C=O) groups is 1. The van der Waals surface area contributed by atoms with E-state index in [0.29, 0.717) is 18.7 Å². The summed E-state index contributed by atoms with van der Waals surface area (Å²) in [5.41, 5.74) is 4.60. The fourth-order valence-electron chi connectivity index (χ4n) is 3.70. The topological polar surface area (TPSA) is 69.0 Å². The van der Waals surface area contributed by atoms with Crippen molar-refractivity contribution in [2.24, 2.45) is 0 Å². The minimum Gasteiger partial charge on any atom is -0.493 e. The zero-order valence-electron chi connectivity index (χ0n) is 15.8. The Morgan fingerprint density at radius 3 is 2.72 bits per heavy atom. The molecule has 1 aromatic heterocycles. The van der Waals surface area contributed by atoms with Gasteiger partial charge in [-0.25, -0.2) is 4.68 Å². The summed E-state index contributed by atoms with van der Waals surface area (Å²) in [6.45, 7) is 1.21. The Morgan fingerprint density at radius 2 is 1.83 bits per heavy atom. The van der Waals surface area contributed by atoms with E-state index in [1.807, 2.05) is 77.5 Å². The van der Waals surface area contributed by atoms with Gasteiger partial charge in [0.1, 0.15) is 11.3 Å². The number of carbonyl (C=O) groups excluding carboxylic acids is 1. The van der Waals surface area contributed by atoms with Gasteiger partial charge in [0, 0.05) is 17.5 Å². The van der Waals surface area contributed by atoms with Crippen molar-refractivity contribution in [1.82, 2.24) is 20.3 Å². The van der Waals surface area contributed by atoms with E-state index in [1.54, 1.807) is 0 Å². The summed E-state index contributed by atoms with van der Waals surface area (Å²) in [6.07, 6.45) is 0.764. The number of hydrogen-bond acceptors (Lipinski definition) is 4. The van der Waals surface area contributed by atoms with Gasteiger partial charge in [-0.05, 0) is 35.9 Å². The monoisotopic (exact) mass is 384 g/mol. The molecule has 6 nitrogen and oxygen atoms in total. The van der Waals surface area contributed by atoms with E-state index in [2.05, 4.69) is 15.6 Å². The molecule has 5 rings (SSSR count). The molecular weight excluding hydrogens is 364 g/mol. The number of ether oxygens (including phenoxy) is 1. The zero-order valence-corrected chi connectivity index (χ0v) is 15.8. The van der Waals surface area contributed by atoms with Crippen molar-refractivity contribution in [3.8, 4) is 5.75 Å². The van der Waals surface area contributed by atoms with Gasteiger partial charge < -0.3 is 10.1 Å². The summed E-state index contributed by atoms with van der Waals surface area (Å²) >= 11 is 0. The second kappa shape index (κ2) is 7.39. The van der Waals surface area contributed by atoms with Crippen LogP contribution >= 0.6 is 0 Å². The molecule has 0 radical (unpaired) electrons. The fraction of sp³-hybridized carbons (Fsp3) is 0.174. The van der Waals surface area contributed by atoms with E-state index >= 15 is 0 Å². The van der Waals surface area contributed by atoms with Crippen LogP contribution in [-0.4, -0.2) is 27.5 Å². The van der Waals surface area contributed by atoms with Gasteiger partial charge >= 0.3 is 0 Å². The van der Waals surface area contributed by atoms with Crippen molar-refractivity contribution < 1.29 is 9.53 Å². The maximum atomic E-state index is 12.7. The Hall–Kier alpha value is -3.67. The van der Waals surface area contributed by atoms with Gasteiger partial charge in [-0.1, -0.05) is 47.7 Å². The minimum atomic E-state index is -0.0792. The normalized spacial score (nSPS) is 15.5. The highest BCUT2D eigenvalue weighted by atomic mass is 16.5. The molecule has 29 heavy (non-hydrogen) atoms. The quantitative estimate of drug-likeness (QED) is 0.582. The summed E-state index contributed by atoms with van der Waals surface area (Å²) in [6, 6.07) is 23.3. The van der Waals surface area contributed by atoms with E-state index in [-0.39, 0.29) is 11.9 Å². The van der Waals surface area contributed by atoms with Crippen LogP contribution in [0.1, 0.15) is 33.9 Å². The molecule has 0 saturated carbocycles. The van der Waals surface area contributed by atoms with Crippen molar-refractivity contribution in [2.75, 3.05) is 6.61 Å². The van der Waals surface area contributed by atoms with Gasteiger partial charge in [0.15, 0.2) is 0 Å². The van der Waals surface area contributed by atoms with Crippen LogP contribution < -0.4 is 10.1 Å². The fourth-order valence-corrected chi connectivity index (χ4v) is 3.70. The first kappa shape index (κ1) is 17.4. The van der Waals surface area contributed by atoms with Crippen molar-refractivity contribution in [3.05, 3.63) is 89.5 Å². The van der Waals surface area contributed by atoms with Crippen LogP contribution in [-0.2, 0) is 6.54 Å². The first-order valence-electron chi connectivity index (χ1n) is 9.68. The third kappa shape index (κ3) is 3.45. The molecule has 1 aliphatic heterocycles. The number of para-hydroxylation sites is 2. The van der Waals surface area contributed by atoms with Gasteiger partial charge in [0.05, 0.1) is 24.7 Å². The van der Waals surface area contributed by atoms with Crippen LogP contribution in [0.15, 0.2) is 72.8 Å². The summed E-state index contributed by atoms with van der Waals surface area (Å²) in [7, 11) is 0. The molecule has 144 valence electrons. The first-order chi connectivity index (χ1) is 14.3. The lowest BCUT2D eigenvalue weighted by Gasteiger charge is -2.26. The van der Waals surface area contributed by atoms with Crippen LogP contribution in [0, 0.1) is 0 Å². The largest absolute Gasteiger partial charge is 0.493 e. The van der Waals surface area contributed by atoms with E-state index < -0.39 is 0 Å². The average Bonchev–Trinajstić information content (AvgIpc) is 3.17. The predicted octanol–water partition coefficient (Wildman–Crippen LogP) is 3.73. The smallest absolute Gasteiger partial charge is 0.251 e. The Kier molecular flexibility index (Phi) is 4.44. The summed E-state index contributed by atoms with van der Waals surface area (Å²) in [5, 5.41) is 11.5.